The fourth-order valence-electron chi connectivity index (χ4n) is 3.41. The van der Waals surface area contributed by atoms with Crippen LogP contribution in [0.1, 0.15) is 21.9 Å². The number of para-hydroxylation sites is 1. The second-order valence-electron chi connectivity index (χ2n) is 6.74. The number of hydrogen-bond donors (Lipinski definition) is 1. The van der Waals surface area contributed by atoms with Gasteiger partial charge in [0.1, 0.15) is 5.82 Å². The summed E-state index contributed by atoms with van der Waals surface area (Å²) in [5.41, 5.74) is 3.77. The van der Waals surface area contributed by atoms with Gasteiger partial charge < -0.3 is 9.72 Å². The van der Waals surface area contributed by atoms with Gasteiger partial charge in [-0.3, -0.25) is 14.8 Å². The summed E-state index contributed by atoms with van der Waals surface area (Å²) in [5.74, 6) is 0.542. The Bertz CT molecular complexity index is 1330. The van der Waals surface area contributed by atoms with Gasteiger partial charge in [-0.15, -0.1) is 0 Å². The number of carbonyl (C=O) groups is 1. The molecule has 0 aliphatic heterocycles. The predicted octanol–water partition coefficient (Wildman–Crippen LogP) is 4.12. The zero-order valence-corrected chi connectivity index (χ0v) is 15.5. The van der Waals surface area contributed by atoms with Crippen LogP contribution in [-0.2, 0) is 6.42 Å². The molecule has 0 aliphatic carbocycles. The van der Waals surface area contributed by atoms with Crippen LogP contribution < -0.4 is 5.32 Å². The van der Waals surface area contributed by atoms with Crippen molar-refractivity contribution in [3.63, 3.8) is 0 Å². The highest BCUT2D eigenvalue weighted by atomic mass is 16.1. The molecule has 1 aromatic carbocycles. The third-order valence-corrected chi connectivity index (χ3v) is 4.80. The van der Waals surface area contributed by atoms with Crippen molar-refractivity contribution in [2.45, 2.75) is 6.42 Å². The minimum absolute atomic E-state index is 0.258. The van der Waals surface area contributed by atoms with E-state index >= 15 is 0 Å². The Morgan fingerprint density at radius 3 is 2.72 bits per heavy atom. The standard InChI is InChI=1S/C23H17N5O/c29-23(26-18-14-17-5-1-2-6-19(17)25-15-18)22-20-7-3-4-12-28(20)21(27-22)13-16-8-10-24-11-9-16/h1-12,14-15H,13H2,(H,26,29). The van der Waals surface area contributed by atoms with E-state index in [0.29, 0.717) is 17.8 Å². The van der Waals surface area contributed by atoms with Crippen LogP contribution in [0.3, 0.4) is 0 Å². The van der Waals surface area contributed by atoms with E-state index in [2.05, 4.69) is 20.3 Å². The molecule has 4 aromatic heterocycles. The lowest BCUT2D eigenvalue weighted by molar-refractivity contribution is 0.102. The highest BCUT2D eigenvalue weighted by molar-refractivity contribution is 6.08. The highest BCUT2D eigenvalue weighted by Crippen LogP contribution is 2.20. The summed E-state index contributed by atoms with van der Waals surface area (Å²) in [4.78, 5) is 26.1. The molecule has 29 heavy (non-hydrogen) atoms. The number of amides is 1. The van der Waals surface area contributed by atoms with E-state index in [1.807, 2.05) is 71.3 Å². The van der Waals surface area contributed by atoms with E-state index < -0.39 is 0 Å². The topological polar surface area (TPSA) is 72.2 Å². The lowest BCUT2D eigenvalue weighted by atomic mass is 10.2. The number of pyridine rings is 3. The maximum Gasteiger partial charge on any atom is 0.276 e. The Kier molecular flexibility index (Phi) is 4.22. The molecule has 0 spiro atoms. The second-order valence-corrected chi connectivity index (χ2v) is 6.74. The van der Waals surface area contributed by atoms with Crippen LogP contribution in [0.5, 0.6) is 0 Å². The van der Waals surface area contributed by atoms with Crippen molar-refractivity contribution in [2.75, 3.05) is 5.32 Å². The third-order valence-electron chi connectivity index (χ3n) is 4.80. The third kappa shape index (κ3) is 3.32. The Labute approximate surface area is 166 Å². The molecule has 0 saturated heterocycles. The normalized spacial score (nSPS) is 11.0. The molecule has 6 heteroatoms. The average molecular weight is 379 g/mol. The van der Waals surface area contributed by atoms with Gasteiger partial charge in [0.05, 0.1) is 22.9 Å². The Hall–Kier alpha value is -4.06. The molecule has 1 amide bonds. The Balaban J connectivity index is 1.49. The van der Waals surface area contributed by atoms with Crippen LogP contribution in [-0.4, -0.2) is 25.3 Å². The molecule has 5 aromatic rings. The first-order valence-corrected chi connectivity index (χ1v) is 9.29. The van der Waals surface area contributed by atoms with Crippen LogP contribution in [0.4, 0.5) is 5.69 Å². The number of benzene rings is 1. The zero-order chi connectivity index (χ0) is 19.6. The molecule has 0 atom stereocenters. The number of carbonyl (C=O) groups excluding carboxylic acids is 1. The van der Waals surface area contributed by atoms with Crippen LogP contribution in [0, 0.1) is 0 Å². The van der Waals surface area contributed by atoms with Gasteiger partial charge in [0.25, 0.3) is 5.91 Å². The molecule has 0 radical (unpaired) electrons. The van der Waals surface area contributed by atoms with E-state index in [1.165, 1.54) is 0 Å². The van der Waals surface area contributed by atoms with Gasteiger partial charge in [-0.2, -0.15) is 0 Å². The van der Waals surface area contributed by atoms with Crippen LogP contribution in [0.2, 0.25) is 0 Å². The first-order chi connectivity index (χ1) is 14.3. The van der Waals surface area contributed by atoms with Crippen molar-refractivity contribution in [3.8, 4) is 0 Å². The SMILES string of the molecule is O=C(Nc1cnc2ccccc2c1)c1nc(Cc2ccncc2)n2ccccc12. The minimum atomic E-state index is -0.258. The fourth-order valence-corrected chi connectivity index (χ4v) is 3.41. The quantitative estimate of drug-likeness (QED) is 0.510. The Morgan fingerprint density at radius 1 is 1.00 bits per heavy atom. The van der Waals surface area contributed by atoms with Crippen molar-refractivity contribution in [1.82, 2.24) is 19.4 Å². The van der Waals surface area contributed by atoms with Gasteiger partial charge in [0.2, 0.25) is 0 Å². The van der Waals surface area contributed by atoms with E-state index in [1.54, 1.807) is 18.6 Å². The number of nitrogens with zero attached hydrogens (tertiary/aromatic N) is 4. The molecule has 0 unspecified atom stereocenters. The largest absolute Gasteiger partial charge is 0.319 e. The smallest absolute Gasteiger partial charge is 0.276 e. The number of imidazole rings is 1. The van der Waals surface area contributed by atoms with Gasteiger partial charge in [-0.05, 0) is 42.0 Å². The average Bonchev–Trinajstić information content (AvgIpc) is 3.13. The second kappa shape index (κ2) is 7.16. The fraction of sp³-hybridized carbons (Fsp3) is 0.0435. The number of rotatable bonds is 4. The number of anilines is 1. The van der Waals surface area contributed by atoms with Crippen molar-refractivity contribution >= 4 is 28.0 Å². The summed E-state index contributed by atoms with van der Waals surface area (Å²) in [6.07, 6.45) is 7.71. The summed E-state index contributed by atoms with van der Waals surface area (Å²) in [6.45, 7) is 0. The molecule has 5 rings (SSSR count). The molecule has 0 saturated carbocycles. The molecule has 140 valence electrons. The summed E-state index contributed by atoms with van der Waals surface area (Å²) < 4.78 is 1.95. The first-order valence-electron chi connectivity index (χ1n) is 9.29. The van der Waals surface area contributed by atoms with Gasteiger partial charge >= 0.3 is 0 Å². The molecule has 0 bridgehead atoms. The summed E-state index contributed by atoms with van der Waals surface area (Å²) in [5, 5.41) is 3.90. The molecular weight excluding hydrogens is 362 g/mol. The number of hydrogen-bond acceptors (Lipinski definition) is 4. The summed E-state index contributed by atoms with van der Waals surface area (Å²) >= 11 is 0. The van der Waals surface area contributed by atoms with Crippen molar-refractivity contribution in [3.05, 3.63) is 103 Å². The van der Waals surface area contributed by atoms with Crippen molar-refractivity contribution in [2.24, 2.45) is 0 Å². The monoisotopic (exact) mass is 379 g/mol. The Morgan fingerprint density at radius 2 is 1.83 bits per heavy atom. The van der Waals surface area contributed by atoms with Crippen LogP contribution in [0.25, 0.3) is 16.4 Å². The summed E-state index contributed by atoms with van der Waals surface area (Å²) in [6, 6.07) is 19.3. The maximum atomic E-state index is 13.0. The van der Waals surface area contributed by atoms with E-state index in [4.69, 9.17) is 0 Å². The molecule has 0 fully saturated rings. The molecule has 6 nitrogen and oxygen atoms in total. The zero-order valence-electron chi connectivity index (χ0n) is 15.5. The summed E-state index contributed by atoms with van der Waals surface area (Å²) in [7, 11) is 0. The maximum absolute atomic E-state index is 13.0. The lowest BCUT2D eigenvalue weighted by Gasteiger charge is -2.05. The lowest BCUT2D eigenvalue weighted by Crippen LogP contribution is -2.13. The van der Waals surface area contributed by atoms with Crippen LogP contribution in [0.15, 0.2) is 85.5 Å². The molecule has 1 N–H and O–H groups in total. The van der Waals surface area contributed by atoms with E-state index in [0.717, 1.165) is 27.8 Å². The van der Waals surface area contributed by atoms with Crippen molar-refractivity contribution in [1.29, 1.82) is 0 Å². The minimum Gasteiger partial charge on any atom is -0.319 e. The van der Waals surface area contributed by atoms with E-state index in [-0.39, 0.29) is 5.91 Å². The number of nitrogens with one attached hydrogen (secondary N) is 1. The number of aromatic nitrogens is 4. The first kappa shape index (κ1) is 17.1. The number of fused-ring (bicyclic) bond motifs is 2. The van der Waals surface area contributed by atoms with Gasteiger partial charge in [-0.25, -0.2) is 4.98 Å². The van der Waals surface area contributed by atoms with Crippen molar-refractivity contribution < 1.29 is 4.79 Å². The van der Waals surface area contributed by atoms with Gasteiger partial charge in [-0.1, -0.05) is 24.3 Å². The molecule has 0 aliphatic rings. The highest BCUT2D eigenvalue weighted by Gasteiger charge is 2.18. The van der Waals surface area contributed by atoms with Gasteiger partial charge in [0, 0.05) is 30.4 Å². The van der Waals surface area contributed by atoms with Gasteiger partial charge in [0.15, 0.2) is 5.69 Å². The van der Waals surface area contributed by atoms with E-state index in [9.17, 15) is 4.79 Å². The predicted molar refractivity (Wildman–Crippen MR) is 112 cm³/mol. The molecular formula is C23H17N5O. The molecule has 4 heterocycles. The van der Waals surface area contributed by atoms with Crippen LogP contribution >= 0.6 is 0 Å².